The van der Waals surface area contributed by atoms with E-state index in [4.69, 9.17) is 0 Å². The number of methoxy groups -OCH3 is 1. The van der Waals surface area contributed by atoms with E-state index in [9.17, 15) is 14.4 Å². The molecule has 1 N–H and O–H groups in total. The van der Waals surface area contributed by atoms with Crippen LogP contribution >= 0.6 is 11.8 Å². The van der Waals surface area contributed by atoms with E-state index >= 15 is 0 Å². The molecule has 0 aliphatic rings. The van der Waals surface area contributed by atoms with Crippen molar-refractivity contribution in [3.63, 3.8) is 0 Å². The van der Waals surface area contributed by atoms with Crippen LogP contribution in [-0.4, -0.2) is 34.3 Å². The Morgan fingerprint density at radius 3 is 2.62 bits per heavy atom. The summed E-state index contributed by atoms with van der Waals surface area (Å²) >= 11 is 1.17. The molecule has 1 amide bonds. The van der Waals surface area contributed by atoms with Crippen molar-refractivity contribution < 1.29 is 14.3 Å². The summed E-state index contributed by atoms with van der Waals surface area (Å²) in [6, 6.07) is 13.5. The highest BCUT2D eigenvalue weighted by atomic mass is 32.2. The number of esters is 1. The van der Waals surface area contributed by atoms with Crippen LogP contribution in [0.2, 0.25) is 0 Å². The molecule has 3 aromatic rings. The van der Waals surface area contributed by atoms with Gasteiger partial charge in [-0.1, -0.05) is 30.0 Å². The molecule has 0 bridgehead atoms. The Morgan fingerprint density at radius 2 is 1.93 bits per heavy atom. The SMILES string of the molecule is C=CCn1c(SCC(=O)Nc2ccc(C(=O)OC)cc2)nc2ccccc2c1=O. The van der Waals surface area contributed by atoms with Crippen LogP contribution in [0.1, 0.15) is 10.4 Å². The van der Waals surface area contributed by atoms with Crippen LogP contribution in [-0.2, 0) is 16.1 Å². The minimum absolute atomic E-state index is 0.0701. The zero-order valence-corrected chi connectivity index (χ0v) is 16.6. The third-order valence-electron chi connectivity index (χ3n) is 4.06. The van der Waals surface area contributed by atoms with Crippen LogP contribution in [0.15, 0.2) is 71.1 Å². The standard InChI is InChI=1S/C21H19N3O4S/c1-3-12-24-19(26)16-6-4-5-7-17(16)23-21(24)29-13-18(25)22-15-10-8-14(9-11-15)20(27)28-2/h3-11H,1,12-13H2,2H3,(H,22,25). The second-order valence-corrected chi connectivity index (χ2v) is 6.96. The monoisotopic (exact) mass is 409 g/mol. The topological polar surface area (TPSA) is 90.3 Å². The fraction of sp³-hybridized carbons (Fsp3) is 0.143. The fourth-order valence-corrected chi connectivity index (χ4v) is 3.49. The molecule has 0 radical (unpaired) electrons. The Balaban J connectivity index is 1.73. The van der Waals surface area contributed by atoms with Gasteiger partial charge in [0, 0.05) is 12.2 Å². The molecule has 0 aliphatic heterocycles. The molecule has 148 valence electrons. The molecule has 7 nitrogen and oxygen atoms in total. The van der Waals surface area contributed by atoms with Gasteiger partial charge >= 0.3 is 5.97 Å². The molecular formula is C21H19N3O4S. The van der Waals surface area contributed by atoms with E-state index in [2.05, 4.69) is 21.6 Å². The van der Waals surface area contributed by atoms with E-state index in [-0.39, 0.29) is 17.2 Å². The Bertz CT molecular complexity index is 1120. The summed E-state index contributed by atoms with van der Waals surface area (Å²) < 4.78 is 6.14. The predicted molar refractivity (Wildman–Crippen MR) is 113 cm³/mol. The number of benzene rings is 2. The number of para-hydroxylation sites is 1. The van der Waals surface area contributed by atoms with Crippen LogP contribution < -0.4 is 10.9 Å². The van der Waals surface area contributed by atoms with Crippen molar-refractivity contribution in [2.24, 2.45) is 0 Å². The van der Waals surface area contributed by atoms with E-state index in [1.54, 1.807) is 48.5 Å². The zero-order valence-electron chi connectivity index (χ0n) is 15.8. The summed E-state index contributed by atoms with van der Waals surface area (Å²) in [4.78, 5) is 41.0. The summed E-state index contributed by atoms with van der Waals surface area (Å²) in [5, 5.41) is 3.72. The Morgan fingerprint density at radius 1 is 1.21 bits per heavy atom. The highest BCUT2D eigenvalue weighted by Gasteiger charge is 2.13. The number of hydrogen-bond donors (Lipinski definition) is 1. The molecule has 1 aromatic heterocycles. The maximum atomic E-state index is 12.7. The number of thioether (sulfide) groups is 1. The van der Waals surface area contributed by atoms with Gasteiger partial charge in [0.25, 0.3) is 5.56 Å². The van der Waals surface area contributed by atoms with E-state index in [0.29, 0.717) is 33.9 Å². The molecule has 2 aromatic carbocycles. The van der Waals surface area contributed by atoms with Gasteiger partial charge in [-0.05, 0) is 36.4 Å². The molecule has 0 spiro atoms. The van der Waals surface area contributed by atoms with Crippen molar-refractivity contribution in [3.8, 4) is 0 Å². The van der Waals surface area contributed by atoms with Crippen LogP contribution in [0.3, 0.4) is 0 Å². The average molecular weight is 409 g/mol. The Kier molecular flexibility index (Phi) is 6.46. The molecule has 0 fully saturated rings. The predicted octanol–water partition coefficient (Wildman–Crippen LogP) is 3.10. The molecule has 0 atom stereocenters. The number of carbonyl (C=O) groups excluding carboxylic acids is 2. The first-order valence-corrected chi connectivity index (χ1v) is 9.73. The second-order valence-electron chi connectivity index (χ2n) is 6.02. The highest BCUT2D eigenvalue weighted by Crippen LogP contribution is 2.19. The maximum Gasteiger partial charge on any atom is 0.337 e. The van der Waals surface area contributed by atoms with E-state index in [1.165, 1.54) is 23.4 Å². The summed E-state index contributed by atoms with van der Waals surface area (Å²) in [5.74, 6) is -0.630. The number of ether oxygens (including phenoxy) is 1. The van der Waals surface area contributed by atoms with Crippen molar-refractivity contribution in [3.05, 3.63) is 77.1 Å². The lowest BCUT2D eigenvalue weighted by atomic mass is 10.2. The van der Waals surface area contributed by atoms with Gasteiger partial charge in [0.15, 0.2) is 5.16 Å². The summed E-state index contributed by atoms with van der Waals surface area (Å²) in [6.07, 6.45) is 1.62. The van der Waals surface area contributed by atoms with E-state index < -0.39 is 5.97 Å². The van der Waals surface area contributed by atoms with Gasteiger partial charge in [-0.3, -0.25) is 14.2 Å². The van der Waals surface area contributed by atoms with Crippen LogP contribution in [0.25, 0.3) is 10.9 Å². The molecule has 29 heavy (non-hydrogen) atoms. The lowest BCUT2D eigenvalue weighted by Crippen LogP contribution is -2.23. The molecule has 0 unspecified atom stereocenters. The van der Waals surface area contributed by atoms with E-state index in [1.807, 2.05) is 6.07 Å². The Hall–Kier alpha value is -3.39. The lowest BCUT2D eigenvalue weighted by molar-refractivity contribution is -0.113. The highest BCUT2D eigenvalue weighted by molar-refractivity contribution is 7.99. The number of nitrogens with zero attached hydrogens (tertiary/aromatic N) is 2. The van der Waals surface area contributed by atoms with Gasteiger partial charge < -0.3 is 10.1 Å². The number of allylic oxidation sites excluding steroid dienone is 1. The number of anilines is 1. The molecule has 0 saturated heterocycles. The number of rotatable bonds is 7. The van der Waals surface area contributed by atoms with Crippen molar-refractivity contribution in [1.82, 2.24) is 9.55 Å². The smallest absolute Gasteiger partial charge is 0.337 e. The van der Waals surface area contributed by atoms with Crippen molar-refractivity contribution in [2.45, 2.75) is 11.7 Å². The number of fused-ring (bicyclic) bond motifs is 1. The molecule has 0 aliphatic carbocycles. The number of amides is 1. The quantitative estimate of drug-likeness (QED) is 0.279. The average Bonchev–Trinajstić information content (AvgIpc) is 2.74. The zero-order chi connectivity index (χ0) is 20.8. The van der Waals surface area contributed by atoms with Gasteiger partial charge in [0.2, 0.25) is 5.91 Å². The van der Waals surface area contributed by atoms with Crippen LogP contribution in [0, 0.1) is 0 Å². The molecular weight excluding hydrogens is 390 g/mol. The Labute approximate surface area is 171 Å². The first kappa shape index (κ1) is 20.3. The lowest BCUT2D eigenvalue weighted by Gasteiger charge is -2.11. The number of hydrogen-bond acceptors (Lipinski definition) is 6. The number of nitrogens with one attached hydrogen (secondary N) is 1. The van der Waals surface area contributed by atoms with Gasteiger partial charge in [0.05, 0.1) is 29.3 Å². The largest absolute Gasteiger partial charge is 0.465 e. The van der Waals surface area contributed by atoms with Crippen molar-refractivity contribution in [1.29, 1.82) is 0 Å². The molecule has 8 heteroatoms. The normalized spacial score (nSPS) is 10.5. The van der Waals surface area contributed by atoms with Gasteiger partial charge in [-0.15, -0.1) is 6.58 Å². The van der Waals surface area contributed by atoms with Gasteiger partial charge in [-0.2, -0.15) is 0 Å². The van der Waals surface area contributed by atoms with Gasteiger partial charge in [-0.25, -0.2) is 9.78 Å². The number of carbonyl (C=O) groups is 2. The molecule has 3 rings (SSSR count). The maximum absolute atomic E-state index is 12.7. The van der Waals surface area contributed by atoms with Crippen molar-refractivity contribution in [2.75, 3.05) is 18.2 Å². The first-order chi connectivity index (χ1) is 14.0. The molecule has 1 heterocycles. The minimum atomic E-state index is -0.444. The molecule has 0 saturated carbocycles. The summed E-state index contributed by atoms with van der Waals surface area (Å²) in [5.41, 5.74) is 1.36. The van der Waals surface area contributed by atoms with E-state index in [0.717, 1.165) is 0 Å². The fourth-order valence-electron chi connectivity index (χ4n) is 2.68. The number of aromatic nitrogens is 2. The first-order valence-electron chi connectivity index (χ1n) is 8.75. The second kappa shape index (κ2) is 9.20. The summed E-state index contributed by atoms with van der Waals surface area (Å²) in [7, 11) is 1.31. The third kappa shape index (κ3) is 4.72. The third-order valence-corrected chi connectivity index (χ3v) is 5.04. The van der Waals surface area contributed by atoms with Crippen molar-refractivity contribution >= 4 is 40.2 Å². The minimum Gasteiger partial charge on any atom is -0.465 e. The van der Waals surface area contributed by atoms with Crippen LogP contribution in [0.4, 0.5) is 5.69 Å². The van der Waals surface area contributed by atoms with Gasteiger partial charge in [0.1, 0.15) is 0 Å². The summed E-state index contributed by atoms with van der Waals surface area (Å²) in [6.45, 7) is 3.99. The van der Waals surface area contributed by atoms with Crippen LogP contribution in [0.5, 0.6) is 0 Å².